The van der Waals surface area contributed by atoms with Crippen molar-refractivity contribution in [1.29, 1.82) is 0 Å². The van der Waals surface area contributed by atoms with Gasteiger partial charge in [-0.3, -0.25) is 13.9 Å². The molecular weight excluding hydrogens is 280 g/mol. The molecule has 0 radical (unpaired) electrons. The van der Waals surface area contributed by atoms with Crippen LogP contribution in [0.1, 0.15) is 32.6 Å². The van der Waals surface area contributed by atoms with E-state index >= 15 is 0 Å². The molecule has 0 fully saturated rings. The van der Waals surface area contributed by atoms with Crippen molar-refractivity contribution in [2.45, 2.75) is 39.2 Å². The lowest BCUT2D eigenvalue weighted by molar-refractivity contribution is 0.588. The molecule has 0 aliphatic carbocycles. The van der Waals surface area contributed by atoms with Crippen molar-refractivity contribution in [1.82, 2.24) is 18.7 Å². The molecule has 2 aromatic heterocycles. The Bertz CT molecular complexity index is 741. The van der Waals surface area contributed by atoms with Crippen LogP contribution in [0.2, 0.25) is 5.28 Å². The number of nitrogens with zero attached hydrogens (tertiary/aromatic N) is 4. The minimum absolute atomic E-state index is 0.259. The molecule has 0 atom stereocenters. The van der Waals surface area contributed by atoms with Crippen molar-refractivity contribution in [2.24, 2.45) is 14.1 Å². The smallest absolute Gasteiger partial charge is 0.309 e. The first kappa shape index (κ1) is 14.8. The molecule has 0 saturated heterocycles. The van der Waals surface area contributed by atoms with Gasteiger partial charge in [-0.2, -0.15) is 4.98 Å². The Labute approximate surface area is 121 Å². The maximum absolute atomic E-state index is 12.3. The SMILES string of the molecule is CCCCCCn1c(Cl)nc2c1c(=O)n(C)c(=O)n2C. The van der Waals surface area contributed by atoms with Crippen molar-refractivity contribution >= 4 is 22.8 Å². The largest absolute Gasteiger partial charge is 0.332 e. The van der Waals surface area contributed by atoms with Crippen LogP contribution in [0.5, 0.6) is 0 Å². The van der Waals surface area contributed by atoms with Gasteiger partial charge < -0.3 is 4.57 Å². The maximum atomic E-state index is 12.3. The summed E-state index contributed by atoms with van der Waals surface area (Å²) in [6.07, 6.45) is 4.32. The summed E-state index contributed by atoms with van der Waals surface area (Å²) in [5, 5.41) is 0.259. The first-order chi connectivity index (χ1) is 9.49. The molecule has 2 heterocycles. The lowest BCUT2D eigenvalue weighted by atomic mass is 10.2. The molecule has 7 heteroatoms. The van der Waals surface area contributed by atoms with Gasteiger partial charge in [0.15, 0.2) is 11.2 Å². The van der Waals surface area contributed by atoms with E-state index in [2.05, 4.69) is 11.9 Å². The van der Waals surface area contributed by atoms with Gasteiger partial charge in [-0.1, -0.05) is 26.2 Å². The van der Waals surface area contributed by atoms with E-state index in [0.717, 1.165) is 30.3 Å². The summed E-state index contributed by atoms with van der Waals surface area (Å²) in [4.78, 5) is 28.3. The van der Waals surface area contributed by atoms with Crippen LogP contribution in [0.4, 0.5) is 0 Å². The number of imidazole rings is 1. The molecule has 0 saturated carbocycles. The predicted octanol–water partition coefficient (Wildman–Crippen LogP) is 1.67. The maximum Gasteiger partial charge on any atom is 0.332 e. The molecule has 20 heavy (non-hydrogen) atoms. The second kappa shape index (κ2) is 5.83. The van der Waals surface area contributed by atoms with Crippen LogP contribution in [0.25, 0.3) is 11.2 Å². The Hall–Kier alpha value is -1.56. The van der Waals surface area contributed by atoms with Gasteiger partial charge in [0.1, 0.15) is 0 Å². The highest BCUT2D eigenvalue weighted by molar-refractivity contribution is 6.29. The molecule has 0 amide bonds. The highest BCUT2D eigenvalue weighted by atomic mass is 35.5. The molecule has 0 aromatic carbocycles. The van der Waals surface area contributed by atoms with E-state index < -0.39 is 5.69 Å². The van der Waals surface area contributed by atoms with Crippen molar-refractivity contribution in [3.8, 4) is 0 Å². The summed E-state index contributed by atoms with van der Waals surface area (Å²) >= 11 is 6.12. The summed E-state index contributed by atoms with van der Waals surface area (Å²) in [5.41, 5.74) is 0.00230. The second-order valence-electron chi connectivity index (χ2n) is 4.97. The van der Waals surface area contributed by atoms with Gasteiger partial charge in [-0.15, -0.1) is 0 Å². The van der Waals surface area contributed by atoms with Crippen LogP contribution in [0.3, 0.4) is 0 Å². The summed E-state index contributed by atoms with van der Waals surface area (Å²) < 4.78 is 4.14. The third kappa shape index (κ3) is 2.40. The fourth-order valence-electron chi connectivity index (χ4n) is 2.32. The predicted molar refractivity (Wildman–Crippen MR) is 79.4 cm³/mol. The van der Waals surface area contributed by atoms with Crippen LogP contribution in [-0.2, 0) is 20.6 Å². The Morgan fingerprint density at radius 2 is 1.80 bits per heavy atom. The molecule has 0 unspecified atom stereocenters. The zero-order valence-electron chi connectivity index (χ0n) is 12.0. The van der Waals surface area contributed by atoms with Gasteiger partial charge in [0.2, 0.25) is 5.28 Å². The third-order valence-corrected chi connectivity index (χ3v) is 3.83. The van der Waals surface area contributed by atoms with Gasteiger partial charge in [-0.25, -0.2) is 4.79 Å². The van der Waals surface area contributed by atoms with Gasteiger partial charge in [0, 0.05) is 20.6 Å². The number of aryl methyl sites for hydroxylation is 2. The molecule has 0 N–H and O–H groups in total. The van der Waals surface area contributed by atoms with E-state index in [4.69, 9.17) is 11.6 Å². The van der Waals surface area contributed by atoms with Gasteiger partial charge in [0.25, 0.3) is 5.56 Å². The van der Waals surface area contributed by atoms with Crippen LogP contribution in [0, 0.1) is 0 Å². The van der Waals surface area contributed by atoms with Crippen LogP contribution < -0.4 is 11.2 Å². The first-order valence-corrected chi connectivity index (χ1v) is 7.18. The Morgan fingerprint density at radius 3 is 2.45 bits per heavy atom. The number of rotatable bonds is 5. The molecular formula is C13H19ClN4O2. The van der Waals surface area contributed by atoms with E-state index in [-0.39, 0.29) is 10.8 Å². The molecule has 0 bridgehead atoms. The average Bonchev–Trinajstić information content (AvgIpc) is 2.76. The molecule has 6 nitrogen and oxygen atoms in total. The van der Waals surface area contributed by atoms with Gasteiger partial charge in [-0.05, 0) is 18.0 Å². The Morgan fingerprint density at radius 1 is 1.10 bits per heavy atom. The van der Waals surface area contributed by atoms with Crippen molar-refractivity contribution in [2.75, 3.05) is 0 Å². The van der Waals surface area contributed by atoms with Crippen molar-refractivity contribution < 1.29 is 0 Å². The molecule has 0 aliphatic rings. The molecule has 0 aliphatic heterocycles. The Kier molecular flexibility index (Phi) is 4.32. The van der Waals surface area contributed by atoms with Crippen LogP contribution in [0.15, 0.2) is 9.59 Å². The van der Waals surface area contributed by atoms with Gasteiger partial charge in [0.05, 0.1) is 0 Å². The quantitative estimate of drug-likeness (QED) is 0.623. The molecule has 110 valence electrons. The first-order valence-electron chi connectivity index (χ1n) is 6.80. The normalized spacial score (nSPS) is 11.4. The minimum Gasteiger partial charge on any atom is -0.309 e. The van der Waals surface area contributed by atoms with Crippen LogP contribution in [-0.4, -0.2) is 18.7 Å². The molecule has 0 spiro atoms. The van der Waals surface area contributed by atoms with Crippen molar-refractivity contribution in [3.63, 3.8) is 0 Å². The molecule has 2 rings (SSSR count). The summed E-state index contributed by atoms with van der Waals surface area (Å²) in [7, 11) is 3.06. The molecule has 2 aromatic rings. The zero-order valence-corrected chi connectivity index (χ0v) is 12.8. The summed E-state index contributed by atoms with van der Waals surface area (Å²) in [6, 6.07) is 0. The third-order valence-electron chi connectivity index (χ3n) is 3.54. The van der Waals surface area contributed by atoms with E-state index in [1.807, 2.05) is 0 Å². The number of hydrogen-bond donors (Lipinski definition) is 0. The van der Waals surface area contributed by atoms with Crippen molar-refractivity contribution in [3.05, 3.63) is 26.1 Å². The van der Waals surface area contributed by atoms with Gasteiger partial charge >= 0.3 is 5.69 Å². The number of unbranched alkanes of at least 4 members (excludes halogenated alkanes) is 3. The van der Waals surface area contributed by atoms with E-state index in [0.29, 0.717) is 17.7 Å². The van der Waals surface area contributed by atoms with E-state index in [9.17, 15) is 9.59 Å². The second-order valence-corrected chi connectivity index (χ2v) is 5.31. The average molecular weight is 299 g/mol. The minimum atomic E-state index is -0.394. The highest BCUT2D eigenvalue weighted by Gasteiger charge is 2.17. The standard InChI is InChI=1S/C13H19ClN4O2/c1-4-5-6-7-8-18-9-10(15-12(18)14)16(2)13(20)17(3)11(9)19/h4-8H2,1-3H3. The highest BCUT2D eigenvalue weighted by Crippen LogP contribution is 2.16. The lowest BCUT2D eigenvalue weighted by Gasteiger charge is -2.07. The number of fused-ring (bicyclic) bond motifs is 1. The fourth-order valence-corrected chi connectivity index (χ4v) is 2.57. The van der Waals surface area contributed by atoms with Crippen LogP contribution >= 0.6 is 11.6 Å². The monoisotopic (exact) mass is 298 g/mol. The van der Waals surface area contributed by atoms with E-state index in [1.165, 1.54) is 11.6 Å². The Balaban J connectivity index is 2.53. The number of hydrogen-bond acceptors (Lipinski definition) is 3. The fraction of sp³-hybridized carbons (Fsp3) is 0.615. The summed E-state index contributed by atoms with van der Waals surface area (Å²) in [5.74, 6) is 0. The summed E-state index contributed by atoms with van der Waals surface area (Å²) in [6.45, 7) is 2.79. The topological polar surface area (TPSA) is 61.8 Å². The zero-order chi connectivity index (χ0) is 14.9. The lowest BCUT2D eigenvalue weighted by Crippen LogP contribution is -2.37. The van der Waals surface area contributed by atoms with E-state index in [1.54, 1.807) is 11.6 Å². The number of halogens is 1. The number of aromatic nitrogens is 4.